The Morgan fingerprint density at radius 1 is 1.16 bits per heavy atom. The van der Waals surface area contributed by atoms with Crippen molar-refractivity contribution in [3.05, 3.63) is 65.0 Å². The number of halogens is 1. The smallest absolute Gasteiger partial charge is 0.126 e. The van der Waals surface area contributed by atoms with Gasteiger partial charge in [0.2, 0.25) is 0 Å². The Bertz CT molecular complexity index is 594. The van der Waals surface area contributed by atoms with Crippen molar-refractivity contribution in [2.75, 3.05) is 0 Å². The Morgan fingerprint density at radius 3 is 2.63 bits per heavy atom. The molecule has 19 heavy (non-hydrogen) atoms. The summed E-state index contributed by atoms with van der Waals surface area (Å²) in [6.07, 6.45) is 0.605. The van der Waals surface area contributed by atoms with Gasteiger partial charge < -0.3 is 10.5 Å². The van der Waals surface area contributed by atoms with Crippen LogP contribution in [0.1, 0.15) is 35.3 Å². The van der Waals surface area contributed by atoms with Crippen molar-refractivity contribution in [3.63, 3.8) is 0 Å². The van der Waals surface area contributed by atoms with E-state index in [1.54, 1.807) is 6.07 Å². The predicted molar refractivity (Wildman–Crippen MR) is 72.5 cm³/mol. The number of benzene rings is 2. The van der Waals surface area contributed by atoms with E-state index in [1.807, 2.05) is 0 Å². The van der Waals surface area contributed by atoms with E-state index in [0.29, 0.717) is 12.2 Å². The van der Waals surface area contributed by atoms with E-state index >= 15 is 0 Å². The number of rotatable bonds is 1. The topological polar surface area (TPSA) is 35.2 Å². The Morgan fingerprint density at radius 2 is 1.89 bits per heavy atom. The van der Waals surface area contributed by atoms with Gasteiger partial charge in [-0.2, -0.15) is 0 Å². The van der Waals surface area contributed by atoms with E-state index in [0.717, 1.165) is 11.1 Å². The molecule has 0 saturated heterocycles. The molecule has 2 nitrogen and oxygen atoms in total. The summed E-state index contributed by atoms with van der Waals surface area (Å²) in [4.78, 5) is 0. The number of hydrogen-bond acceptors (Lipinski definition) is 2. The zero-order valence-corrected chi connectivity index (χ0v) is 10.8. The second kappa shape index (κ2) is 4.67. The number of nitrogens with two attached hydrogens (primary N) is 1. The Labute approximate surface area is 112 Å². The summed E-state index contributed by atoms with van der Waals surface area (Å²) in [6.45, 7) is 2.05. The summed E-state index contributed by atoms with van der Waals surface area (Å²) < 4.78 is 19.2. The van der Waals surface area contributed by atoms with Gasteiger partial charge in [0.15, 0.2) is 0 Å². The van der Waals surface area contributed by atoms with Crippen LogP contribution >= 0.6 is 0 Å². The average molecular weight is 257 g/mol. The third-order valence-electron chi connectivity index (χ3n) is 3.56. The fourth-order valence-corrected chi connectivity index (χ4v) is 2.46. The molecule has 0 aromatic heterocycles. The second-order valence-corrected chi connectivity index (χ2v) is 5.04. The highest BCUT2D eigenvalue weighted by molar-refractivity contribution is 5.39. The molecule has 1 unspecified atom stereocenters. The molecule has 3 rings (SSSR count). The maximum atomic E-state index is 13.2. The zero-order chi connectivity index (χ0) is 13.4. The predicted octanol–water partition coefficient (Wildman–Crippen LogP) is 3.66. The minimum atomic E-state index is -0.272. The van der Waals surface area contributed by atoms with Crippen LogP contribution in [0, 0.1) is 12.7 Å². The molecule has 2 atom stereocenters. The molecule has 0 aliphatic carbocycles. The number of aryl methyl sites for hydroxylation is 1. The molecule has 98 valence electrons. The van der Waals surface area contributed by atoms with Crippen LogP contribution in [-0.2, 0) is 0 Å². The van der Waals surface area contributed by atoms with Crippen molar-refractivity contribution in [1.82, 2.24) is 0 Å². The molecule has 3 heteroatoms. The fourth-order valence-electron chi connectivity index (χ4n) is 2.46. The molecule has 0 spiro atoms. The molecule has 0 saturated carbocycles. The summed E-state index contributed by atoms with van der Waals surface area (Å²) >= 11 is 0. The minimum Gasteiger partial charge on any atom is -0.485 e. The lowest BCUT2D eigenvalue weighted by atomic mass is 9.93. The fraction of sp³-hybridized carbons (Fsp3) is 0.250. The standard InChI is InChI=1S/C16H16FNO/c1-10-2-4-11(5-3-10)16-9-14(18)13-8-12(17)6-7-15(13)19-16/h2-8,14,16H,9,18H2,1H3/t14-,16?/m0/s1. The van der Waals surface area contributed by atoms with Gasteiger partial charge in [-0.25, -0.2) is 4.39 Å². The van der Waals surface area contributed by atoms with Crippen molar-refractivity contribution >= 4 is 0 Å². The molecule has 1 aliphatic rings. The van der Waals surface area contributed by atoms with Gasteiger partial charge >= 0.3 is 0 Å². The third-order valence-corrected chi connectivity index (χ3v) is 3.56. The van der Waals surface area contributed by atoms with Gasteiger partial charge in [-0.3, -0.25) is 0 Å². The first-order chi connectivity index (χ1) is 9.13. The minimum absolute atomic E-state index is 0.0615. The highest BCUT2D eigenvalue weighted by Gasteiger charge is 2.27. The molecule has 0 fully saturated rings. The van der Waals surface area contributed by atoms with Crippen LogP contribution in [0.5, 0.6) is 5.75 Å². The van der Waals surface area contributed by atoms with Crippen molar-refractivity contribution in [3.8, 4) is 5.75 Å². The summed E-state index contributed by atoms with van der Waals surface area (Å²) in [5, 5.41) is 0. The van der Waals surface area contributed by atoms with Crippen LogP contribution in [0.4, 0.5) is 4.39 Å². The first kappa shape index (κ1) is 12.2. The molecule has 2 aromatic carbocycles. The van der Waals surface area contributed by atoms with E-state index in [4.69, 9.17) is 10.5 Å². The number of hydrogen-bond donors (Lipinski definition) is 1. The number of fused-ring (bicyclic) bond motifs is 1. The quantitative estimate of drug-likeness (QED) is 0.846. The van der Waals surface area contributed by atoms with Gasteiger partial charge in [-0.05, 0) is 30.7 Å². The average Bonchev–Trinajstić information content (AvgIpc) is 2.40. The normalized spacial score (nSPS) is 21.6. The van der Waals surface area contributed by atoms with Gasteiger partial charge in [0, 0.05) is 18.0 Å². The molecule has 0 amide bonds. The molecule has 1 heterocycles. The van der Waals surface area contributed by atoms with Gasteiger partial charge in [0.25, 0.3) is 0 Å². The lowest BCUT2D eigenvalue weighted by Crippen LogP contribution is -2.24. The summed E-state index contributed by atoms with van der Waals surface area (Å²) in [5.41, 5.74) is 9.20. The van der Waals surface area contributed by atoms with Crippen molar-refractivity contribution in [2.45, 2.75) is 25.5 Å². The van der Waals surface area contributed by atoms with Crippen LogP contribution in [0.25, 0.3) is 0 Å². The Kier molecular flexibility index (Phi) is 2.99. The van der Waals surface area contributed by atoms with Crippen molar-refractivity contribution in [1.29, 1.82) is 0 Å². The van der Waals surface area contributed by atoms with E-state index < -0.39 is 0 Å². The zero-order valence-electron chi connectivity index (χ0n) is 10.8. The highest BCUT2D eigenvalue weighted by atomic mass is 19.1. The van der Waals surface area contributed by atoms with Gasteiger partial charge in [0.05, 0.1) is 0 Å². The van der Waals surface area contributed by atoms with Crippen LogP contribution in [0.3, 0.4) is 0 Å². The van der Waals surface area contributed by atoms with Gasteiger partial charge in [0.1, 0.15) is 17.7 Å². The molecule has 1 aliphatic heterocycles. The summed E-state index contributed by atoms with van der Waals surface area (Å²) in [7, 11) is 0. The largest absolute Gasteiger partial charge is 0.485 e. The summed E-state index contributed by atoms with van der Waals surface area (Å²) in [6, 6.07) is 12.6. The van der Waals surface area contributed by atoms with Crippen molar-refractivity contribution in [2.24, 2.45) is 5.73 Å². The maximum absolute atomic E-state index is 13.2. The SMILES string of the molecule is Cc1ccc(C2C[C@H](N)c3cc(F)ccc3O2)cc1. The maximum Gasteiger partial charge on any atom is 0.126 e. The molecule has 0 radical (unpaired) electrons. The van der Waals surface area contributed by atoms with Crippen LogP contribution < -0.4 is 10.5 Å². The van der Waals surface area contributed by atoms with Crippen LogP contribution in [0.2, 0.25) is 0 Å². The van der Waals surface area contributed by atoms with E-state index in [1.165, 1.54) is 17.7 Å². The molecule has 2 N–H and O–H groups in total. The molecule has 2 aromatic rings. The Hall–Kier alpha value is -1.87. The molecular weight excluding hydrogens is 241 g/mol. The monoisotopic (exact) mass is 257 g/mol. The van der Waals surface area contributed by atoms with Crippen molar-refractivity contribution < 1.29 is 9.13 Å². The Balaban J connectivity index is 1.92. The van der Waals surface area contributed by atoms with E-state index in [9.17, 15) is 4.39 Å². The second-order valence-electron chi connectivity index (χ2n) is 5.04. The highest BCUT2D eigenvalue weighted by Crippen LogP contribution is 2.39. The molecular formula is C16H16FNO. The number of ether oxygens (including phenoxy) is 1. The van der Waals surface area contributed by atoms with E-state index in [2.05, 4.69) is 31.2 Å². The van der Waals surface area contributed by atoms with Crippen LogP contribution in [0.15, 0.2) is 42.5 Å². The lowest BCUT2D eigenvalue weighted by Gasteiger charge is -2.30. The van der Waals surface area contributed by atoms with Gasteiger partial charge in [-0.15, -0.1) is 0 Å². The van der Waals surface area contributed by atoms with E-state index in [-0.39, 0.29) is 18.0 Å². The summed E-state index contributed by atoms with van der Waals surface area (Å²) in [5.74, 6) is 0.414. The van der Waals surface area contributed by atoms with Gasteiger partial charge in [-0.1, -0.05) is 29.8 Å². The van der Waals surface area contributed by atoms with Crippen LogP contribution in [-0.4, -0.2) is 0 Å². The first-order valence-electron chi connectivity index (χ1n) is 6.42. The first-order valence-corrected chi connectivity index (χ1v) is 6.42. The molecule has 0 bridgehead atoms. The lowest BCUT2D eigenvalue weighted by molar-refractivity contribution is 0.161. The third kappa shape index (κ3) is 2.34.